The predicted molar refractivity (Wildman–Crippen MR) is 83.4 cm³/mol. The summed E-state index contributed by atoms with van der Waals surface area (Å²) in [5.74, 6) is -0.955. The number of carbonyl (C=O) groups is 2. The van der Waals surface area contributed by atoms with E-state index in [1.807, 2.05) is 6.07 Å². The maximum absolute atomic E-state index is 12.4. The predicted octanol–water partition coefficient (Wildman–Crippen LogP) is 2.05. The van der Waals surface area contributed by atoms with Crippen LogP contribution >= 0.6 is 0 Å². The lowest BCUT2D eigenvalue weighted by Crippen LogP contribution is -2.21. The molecule has 7 heteroatoms. The summed E-state index contributed by atoms with van der Waals surface area (Å²) in [5, 5.41) is 12.1. The van der Waals surface area contributed by atoms with Crippen LogP contribution in [0.2, 0.25) is 0 Å². The third-order valence-corrected chi connectivity index (χ3v) is 4.10. The number of aryl methyl sites for hydroxylation is 1. The van der Waals surface area contributed by atoms with Crippen molar-refractivity contribution < 1.29 is 14.7 Å². The van der Waals surface area contributed by atoms with E-state index in [4.69, 9.17) is 0 Å². The minimum absolute atomic E-state index is 0.0615. The Labute approximate surface area is 133 Å². The smallest absolute Gasteiger partial charge is 0.356 e. The molecule has 0 saturated heterocycles. The minimum Gasteiger partial charge on any atom is -0.476 e. The molecule has 2 aromatic heterocycles. The van der Waals surface area contributed by atoms with Crippen molar-refractivity contribution in [3.05, 3.63) is 41.6 Å². The molecule has 7 nitrogen and oxygen atoms in total. The molecule has 0 bridgehead atoms. The Hall–Kier alpha value is -2.70. The Kier molecular flexibility index (Phi) is 4.10. The van der Waals surface area contributed by atoms with E-state index in [2.05, 4.69) is 15.3 Å². The average Bonchev–Trinajstić information content (AvgIpc) is 2.92. The van der Waals surface area contributed by atoms with Gasteiger partial charge in [0.2, 0.25) is 5.91 Å². The quantitative estimate of drug-likeness (QED) is 0.900. The highest BCUT2D eigenvalue weighted by Crippen LogP contribution is 2.25. The van der Waals surface area contributed by atoms with Gasteiger partial charge in [-0.15, -0.1) is 0 Å². The van der Waals surface area contributed by atoms with Crippen LogP contribution in [0.3, 0.4) is 0 Å². The molecule has 23 heavy (non-hydrogen) atoms. The summed E-state index contributed by atoms with van der Waals surface area (Å²) in [7, 11) is 0. The summed E-state index contributed by atoms with van der Waals surface area (Å²) in [6, 6.07) is 3.57. The number of carboxylic acid groups (broad SMARTS) is 1. The maximum Gasteiger partial charge on any atom is 0.356 e. The lowest BCUT2D eigenvalue weighted by Gasteiger charge is -2.14. The molecule has 3 heterocycles. The first-order chi connectivity index (χ1) is 11.1. The molecule has 0 spiro atoms. The number of hydrogen-bond donors (Lipinski definition) is 2. The maximum atomic E-state index is 12.4. The summed E-state index contributed by atoms with van der Waals surface area (Å²) in [5.41, 5.74) is 0.831. The Bertz CT molecular complexity index is 739. The number of carboxylic acids is 1. The van der Waals surface area contributed by atoms with Crippen LogP contribution in [0, 0.1) is 0 Å². The second-order valence-corrected chi connectivity index (χ2v) is 5.64. The molecule has 0 aliphatic carbocycles. The van der Waals surface area contributed by atoms with E-state index in [-0.39, 0.29) is 17.4 Å². The van der Waals surface area contributed by atoms with E-state index >= 15 is 0 Å². The number of rotatable bonds is 4. The molecule has 120 valence electrons. The fraction of sp³-hybridized carbons (Fsp3) is 0.375. The molecule has 0 saturated carbocycles. The summed E-state index contributed by atoms with van der Waals surface area (Å²) >= 11 is 0. The van der Waals surface area contributed by atoms with Gasteiger partial charge in [0, 0.05) is 25.4 Å². The van der Waals surface area contributed by atoms with E-state index in [9.17, 15) is 14.7 Å². The van der Waals surface area contributed by atoms with Crippen LogP contribution in [0.25, 0.3) is 0 Å². The van der Waals surface area contributed by atoms with Crippen molar-refractivity contribution >= 4 is 17.7 Å². The van der Waals surface area contributed by atoms with Crippen molar-refractivity contribution in [2.45, 2.75) is 38.6 Å². The molecule has 0 radical (unpaired) electrons. The molecule has 2 aromatic rings. The second-order valence-electron chi connectivity index (χ2n) is 5.64. The number of anilines is 1. The van der Waals surface area contributed by atoms with Gasteiger partial charge in [-0.25, -0.2) is 9.78 Å². The Balaban J connectivity index is 1.86. The molecule has 0 aromatic carbocycles. The SMILES string of the molecule is CC(C(=O)Nc1nc2n(c1C(=O)O)CCCC2)c1cccnc1. The number of carbonyl (C=O) groups excluding carboxylic acids is 1. The van der Waals surface area contributed by atoms with Gasteiger partial charge in [0.05, 0.1) is 5.92 Å². The van der Waals surface area contributed by atoms with Crippen molar-refractivity contribution in [1.29, 1.82) is 0 Å². The highest BCUT2D eigenvalue weighted by Gasteiger charge is 2.27. The van der Waals surface area contributed by atoms with Gasteiger partial charge in [0.15, 0.2) is 11.5 Å². The molecule has 0 fully saturated rings. The number of nitrogens with zero attached hydrogens (tertiary/aromatic N) is 3. The molecular weight excluding hydrogens is 296 g/mol. The average molecular weight is 314 g/mol. The second kappa shape index (κ2) is 6.20. The Morgan fingerprint density at radius 1 is 1.39 bits per heavy atom. The number of aromatic carboxylic acids is 1. The zero-order valence-corrected chi connectivity index (χ0v) is 12.8. The van der Waals surface area contributed by atoms with Crippen LogP contribution in [0.15, 0.2) is 24.5 Å². The molecule has 2 N–H and O–H groups in total. The zero-order chi connectivity index (χ0) is 16.4. The van der Waals surface area contributed by atoms with Crippen molar-refractivity contribution in [3.63, 3.8) is 0 Å². The summed E-state index contributed by atoms with van der Waals surface area (Å²) in [4.78, 5) is 32.3. The van der Waals surface area contributed by atoms with Crippen LogP contribution in [-0.4, -0.2) is 31.5 Å². The van der Waals surface area contributed by atoms with Gasteiger partial charge in [-0.3, -0.25) is 9.78 Å². The first-order valence-corrected chi connectivity index (χ1v) is 7.61. The monoisotopic (exact) mass is 314 g/mol. The largest absolute Gasteiger partial charge is 0.476 e. The number of nitrogens with one attached hydrogen (secondary N) is 1. The molecular formula is C16H18N4O3. The number of hydrogen-bond acceptors (Lipinski definition) is 4. The number of fused-ring (bicyclic) bond motifs is 1. The van der Waals surface area contributed by atoms with Gasteiger partial charge >= 0.3 is 5.97 Å². The number of imidazole rings is 1. The van der Waals surface area contributed by atoms with Crippen LogP contribution in [0.1, 0.15) is 47.6 Å². The van der Waals surface area contributed by atoms with Crippen LogP contribution in [0.5, 0.6) is 0 Å². The van der Waals surface area contributed by atoms with E-state index in [0.717, 1.165) is 30.7 Å². The molecule has 1 atom stereocenters. The Morgan fingerprint density at radius 3 is 2.91 bits per heavy atom. The first kappa shape index (κ1) is 15.2. The van der Waals surface area contributed by atoms with Crippen LogP contribution in [-0.2, 0) is 17.8 Å². The lowest BCUT2D eigenvalue weighted by atomic mass is 10.0. The normalized spacial score (nSPS) is 14.8. The van der Waals surface area contributed by atoms with Crippen molar-refractivity contribution in [2.75, 3.05) is 5.32 Å². The van der Waals surface area contributed by atoms with E-state index in [0.29, 0.717) is 6.54 Å². The van der Waals surface area contributed by atoms with Gasteiger partial charge < -0.3 is 15.0 Å². The summed E-state index contributed by atoms with van der Waals surface area (Å²) in [6.07, 6.45) is 5.90. The third-order valence-electron chi connectivity index (χ3n) is 4.10. The topological polar surface area (TPSA) is 97.1 Å². The Morgan fingerprint density at radius 2 is 2.22 bits per heavy atom. The molecule has 1 aliphatic rings. The van der Waals surface area contributed by atoms with Gasteiger partial charge in [0.25, 0.3) is 0 Å². The molecule has 1 amide bonds. The van der Waals surface area contributed by atoms with Crippen molar-refractivity contribution in [3.8, 4) is 0 Å². The summed E-state index contributed by atoms with van der Waals surface area (Å²) in [6.45, 7) is 2.38. The fourth-order valence-electron chi connectivity index (χ4n) is 2.80. The van der Waals surface area contributed by atoms with Crippen LogP contribution in [0.4, 0.5) is 5.82 Å². The van der Waals surface area contributed by atoms with Gasteiger partial charge in [-0.05, 0) is 31.4 Å². The van der Waals surface area contributed by atoms with Crippen LogP contribution < -0.4 is 5.32 Å². The van der Waals surface area contributed by atoms with Crippen molar-refractivity contribution in [1.82, 2.24) is 14.5 Å². The van der Waals surface area contributed by atoms with E-state index in [1.54, 1.807) is 30.0 Å². The van der Waals surface area contributed by atoms with Crippen molar-refractivity contribution in [2.24, 2.45) is 0 Å². The molecule has 3 rings (SSSR count). The molecule has 1 aliphatic heterocycles. The number of amides is 1. The zero-order valence-electron chi connectivity index (χ0n) is 12.8. The van der Waals surface area contributed by atoms with Gasteiger partial charge in [0.1, 0.15) is 5.82 Å². The summed E-state index contributed by atoms with van der Waals surface area (Å²) < 4.78 is 1.69. The van der Waals surface area contributed by atoms with Gasteiger partial charge in [-0.1, -0.05) is 6.07 Å². The third kappa shape index (κ3) is 2.94. The number of aromatic nitrogens is 3. The highest BCUT2D eigenvalue weighted by molar-refractivity contribution is 6.00. The highest BCUT2D eigenvalue weighted by atomic mass is 16.4. The lowest BCUT2D eigenvalue weighted by molar-refractivity contribution is -0.117. The van der Waals surface area contributed by atoms with Gasteiger partial charge in [-0.2, -0.15) is 0 Å². The minimum atomic E-state index is -1.07. The van der Waals surface area contributed by atoms with E-state index in [1.165, 1.54) is 0 Å². The standard InChI is InChI=1S/C16H18N4O3/c1-10(11-5-4-7-17-9-11)15(21)19-14-13(16(22)23)20-8-3-2-6-12(20)18-14/h4-5,7,9-10H,2-3,6,8H2,1H3,(H,19,21)(H,22,23). The van der Waals surface area contributed by atoms with E-state index < -0.39 is 11.9 Å². The number of pyridine rings is 1. The fourth-order valence-corrected chi connectivity index (χ4v) is 2.80. The molecule has 1 unspecified atom stereocenters. The first-order valence-electron chi connectivity index (χ1n) is 7.61.